The Hall–Kier alpha value is 0.210. The minimum atomic E-state index is -2.79. The van der Waals surface area contributed by atoms with Crippen LogP contribution in [0.1, 0.15) is 26.7 Å². The van der Waals surface area contributed by atoms with E-state index in [9.17, 15) is 9.36 Å². The Bertz CT molecular complexity index is 218. The fraction of sp³-hybridized carbons (Fsp3) is 0.875. The minimum absolute atomic E-state index is 0.105. The molecular formula is C8H18NO2PS. The maximum absolute atomic E-state index is 12.1. The lowest BCUT2D eigenvalue weighted by Crippen LogP contribution is -2.13. The summed E-state index contributed by atoms with van der Waals surface area (Å²) in [7, 11) is 3.41. The first-order valence-electron chi connectivity index (χ1n) is 4.44. The number of hydrogen-bond acceptors (Lipinski definition) is 3. The summed E-state index contributed by atoms with van der Waals surface area (Å²) < 4.78 is 13.7. The van der Waals surface area contributed by atoms with Crippen LogP contribution in [0, 0.1) is 0 Å². The number of nitrogens with zero attached hydrogens (tertiary/aromatic N) is 1. The highest BCUT2D eigenvalue weighted by molar-refractivity contribution is 8.62. The first-order chi connectivity index (χ1) is 5.99. The molecule has 0 saturated heterocycles. The van der Waals surface area contributed by atoms with Gasteiger partial charge in [0.25, 0.3) is 6.49 Å². The third-order valence-electron chi connectivity index (χ3n) is 1.61. The average molecular weight is 223 g/mol. The average Bonchev–Trinajstić information content (AvgIpc) is 2.04. The van der Waals surface area contributed by atoms with Gasteiger partial charge in [0.05, 0.1) is 0 Å². The van der Waals surface area contributed by atoms with E-state index in [1.807, 2.05) is 13.8 Å². The summed E-state index contributed by atoms with van der Waals surface area (Å²) in [5.74, 6) is 0.713. The first kappa shape index (κ1) is 13.2. The second kappa shape index (κ2) is 5.84. The first-order valence-corrected chi connectivity index (χ1v) is 7.69. The molecule has 0 aromatic carbocycles. The smallest absolute Gasteiger partial charge is 0.266 e. The summed E-state index contributed by atoms with van der Waals surface area (Å²) in [6, 6.07) is 0. The fourth-order valence-electron chi connectivity index (χ4n) is 0.941. The minimum Gasteiger partial charge on any atom is -0.289 e. The van der Waals surface area contributed by atoms with Crippen molar-refractivity contribution < 1.29 is 9.36 Å². The fourth-order valence-corrected chi connectivity index (χ4v) is 5.07. The lowest BCUT2D eigenvalue weighted by molar-refractivity contribution is -0.112. The highest BCUT2D eigenvalue weighted by atomic mass is 32.7. The molecule has 0 amide bonds. The Morgan fingerprint density at radius 2 is 1.92 bits per heavy atom. The van der Waals surface area contributed by atoms with Gasteiger partial charge in [-0.15, -0.1) is 0 Å². The van der Waals surface area contributed by atoms with Crippen molar-refractivity contribution in [2.75, 3.05) is 19.8 Å². The summed E-state index contributed by atoms with van der Waals surface area (Å²) in [5, 5.41) is 0. The number of hydrogen-bond donors (Lipinski definition) is 0. The van der Waals surface area contributed by atoms with Gasteiger partial charge in [0.1, 0.15) is 0 Å². The van der Waals surface area contributed by atoms with Crippen molar-refractivity contribution in [3.8, 4) is 0 Å². The van der Waals surface area contributed by atoms with Crippen molar-refractivity contribution in [1.29, 1.82) is 0 Å². The standard InChI is InChI=1S/C8H18NO2PS/c1-5-7-8(10)12(11,9(3)4)13-6-2/h5-7H2,1-4H3. The Balaban J connectivity index is 4.59. The van der Waals surface area contributed by atoms with Gasteiger partial charge < -0.3 is 0 Å². The summed E-state index contributed by atoms with van der Waals surface area (Å²) in [6.45, 7) is 1.05. The van der Waals surface area contributed by atoms with Crippen LogP contribution >= 0.6 is 17.9 Å². The molecule has 0 bridgehead atoms. The van der Waals surface area contributed by atoms with Crippen LogP contribution < -0.4 is 0 Å². The molecule has 5 heteroatoms. The second-order valence-corrected chi connectivity index (χ2v) is 8.36. The molecule has 1 unspecified atom stereocenters. The molecule has 0 aliphatic carbocycles. The van der Waals surface area contributed by atoms with Gasteiger partial charge in [-0.25, -0.2) is 4.67 Å². The van der Waals surface area contributed by atoms with Crippen molar-refractivity contribution in [3.63, 3.8) is 0 Å². The van der Waals surface area contributed by atoms with E-state index in [4.69, 9.17) is 0 Å². The zero-order chi connectivity index (χ0) is 10.5. The topological polar surface area (TPSA) is 37.4 Å². The third-order valence-corrected chi connectivity index (χ3v) is 7.54. The van der Waals surface area contributed by atoms with Gasteiger partial charge in [0.2, 0.25) is 5.52 Å². The second-order valence-electron chi connectivity index (χ2n) is 2.93. The van der Waals surface area contributed by atoms with Gasteiger partial charge >= 0.3 is 0 Å². The predicted molar refractivity (Wildman–Crippen MR) is 59.3 cm³/mol. The maximum atomic E-state index is 12.1. The number of carbonyl (C=O) groups excluding carboxylic acids is 1. The summed E-state index contributed by atoms with van der Waals surface area (Å²) in [5.41, 5.74) is -0.105. The maximum Gasteiger partial charge on any atom is 0.266 e. The summed E-state index contributed by atoms with van der Waals surface area (Å²) >= 11 is 1.27. The van der Waals surface area contributed by atoms with Crippen molar-refractivity contribution >= 4 is 23.4 Å². The zero-order valence-electron chi connectivity index (χ0n) is 8.74. The van der Waals surface area contributed by atoms with E-state index in [1.165, 1.54) is 11.4 Å². The molecule has 0 spiro atoms. The van der Waals surface area contributed by atoms with Crippen LogP contribution in [-0.4, -0.2) is 30.0 Å². The Morgan fingerprint density at radius 3 is 2.23 bits per heavy atom. The molecule has 3 nitrogen and oxygen atoms in total. The van der Waals surface area contributed by atoms with Crippen LogP contribution in [-0.2, 0) is 9.36 Å². The SMILES string of the molecule is CCCC(=O)P(=O)(SCC)N(C)C. The molecule has 0 fully saturated rings. The van der Waals surface area contributed by atoms with Crippen LogP contribution in [0.25, 0.3) is 0 Å². The Labute approximate surface area is 84.4 Å². The van der Waals surface area contributed by atoms with E-state index in [0.29, 0.717) is 12.2 Å². The van der Waals surface area contributed by atoms with Gasteiger partial charge in [-0.05, 0) is 26.3 Å². The molecule has 0 aromatic rings. The van der Waals surface area contributed by atoms with E-state index in [-0.39, 0.29) is 5.52 Å². The number of rotatable bonds is 6. The lowest BCUT2D eigenvalue weighted by Gasteiger charge is -2.21. The van der Waals surface area contributed by atoms with Gasteiger partial charge in [-0.2, -0.15) is 0 Å². The largest absolute Gasteiger partial charge is 0.289 e. The monoisotopic (exact) mass is 223 g/mol. The van der Waals surface area contributed by atoms with Crippen LogP contribution in [0.15, 0.2) is 0 Å². The van der Waals surface area contributed by atoms with Crippen LogP contribution in [0.4, 0.5) is 0 Å². The Morgan fingerprint density at radius 1 is 1.38 bits per heavy atom. The van der Waals surface area contributed by atoms with Crippen molar-refractivity contribution in [2.24, 2.45) is 0 Å². The molecular weight excluding hydrogens is 205 g/mol. The molecule has 0 aromatic heterocycles. The summed E-state index contributed by atoms with van der Waals surface area (Å²) in [6.07, 6.45) is 1.18. The normalized spacial score (nSPS) is 15.8. The molecule has 0 N–H and O–H groups in total. The van der Waals surface area contributed by atoms with Gasteiger partial charge in [-0.1, -0.05) is 25.2 Å². The zero-order valence-corrected chi connectivity index (χ0v) is 10.5. The van der Waals surface area contributed by atoms with Crippen molar-refractivity contribution in [2.45, 2.75) is 26.7 Å². The molecule has 13 heavy (non-hydrogen) atoms. The highest BCUT2D eigenvalue weighted by Gasteiger charge is 2.32. The van der Waals surface area contributed by atoms with E-state index in [0.717, 1.165) is 6.42 Å². The number of carbonyl (C=O) groups is 1. The molecule has 0 rings (SSSR count). The van der Waals surface area contributed by atoms with Gasteiger partial charge in [-0.3, -0.25) is 9.36 Å². The molecule has 0 radical (unpaired) electrons. The Kier molecular flexibility index (Phi) is 5.93. The van der Waals surface area contributed by atoms with Gasteiger partial charge in [0, 0.05) is 6.42 Å². The van der Waals surface area contributed by atoms with Gasteiger partial charge in [0.15, 0.2) is 0 Å². The van der Waals surface area contributed by atoms with Crippen LogP contribution in [0.2, 0.25) is 0 Å². The molecule has 0 saturated carbocycles. The highest BCUT2D eigenvalue weighted by Crippen LogP contribution is 2.61. The molecule has 78 valence electrons. The molecule has 0 aliphatic rings. The summed E-state index contributed by atoms with van der Waals surface area (Å²) in [4.78, 5) is 11.6. The van der Waals surface area contributed by atoms with Crippen LogP contribution in [0.3, 0.4) is 0 Å². The van der Waals surface area contributed by atoms with Crippen molar-refractivity contribution in [1.82, 2.24) is 4.67 Å². The molecule has 0 heterocycles. The third kappa shape index (κ3) is 3.45. The predicted octanol–water partition coefficient (Wildman–Crippen LogP) is 2.82. The van der Waals surface area contributed by atoms with E-state index >= 15 is 0 Å². The van der Waals surface area contributed by atoms with Crippen molar-refractivity contribution in [3.05, 3.63) is 0 Å². The molecule has 0 aliphatic heterocycles. The van der Waals surface area contributed by atoms with E-state index in [2.05, 4.69) is 0 Å². The lowest BCUT2D eigenvalue weighted by atomic mass is 10.4. The molecule has 1 atom stereocenters. The van der Waals surface area contributed by atoms with Crippen LogP contribution in [0.5, 0.6) is 0 Å². The quantitative estimate of drug-likeness (QED) is 0.649. The van der Waals surface area contributed by atoms with E-state index < -0.39 is 6.49 Å². The van der Waals surface area contributed by atoms with E-state index in [1.54, 1.807) is 18.8 Å².